The maximum atomic E-state index is 12.2. The van der Waals surface area contributed by atoms with E-state index in [9.17, 15) is 8.42 Å². The van der Waals surface area contributed by atoms with Gasteiger partial charge < -0.3 is 10.1 Å². The lowest BCUT2D eigenvalue weighted by Gasteiger charge is -2.32. The van der Waals surface area contributed by atoms with Crippen molar-refractivity contribution in [2.75, 3.05) is 46.4 Å². The van der Waals surface area contributed by atoms with Crippen LogP contribution in [0.4, 0.5) is 0 Å². The summed E-state index contributed by atoms with van der Waals surface area (Å²) >= 11 is 0. The number of hydrogen-bond donors (Lipinski definition) is 2. The van der Waals surface area contributed by atoms with Crippen LogP contribution in [-0.4, -0.2) is 59.2 Å². The molecule has 1 unspecified atom stereocenters. The van der Waals surface area contributed by atoms with Crippen molar-refractivity contribution in [3.05, 3.63) is 0 Å². The molecule has 0 aromatic heterocycles. The maximum Gasteiger partial charge on any atom is 0.279 e. The van der Waals surface area contributed by atoms with Gasteiger partial charge in [-0.05, 0) is 31.2 Å². The average molecular weight is 307 g/mol. The lowest BCUT2D eigenvalue weighted by molar-refractivity contribution is 0.193. The van der Waals surface area contributed by atoms with Crippen LogP contribution in [0.5, 0.6) is 0 Å². The summed E-state index contributed by atoms with van der Waals surface area (Å²) in [6, 6.07) is 0. The zero-order valence-electron chi connectivity index (χ0n) is 12.9. The van der Waals surface area contributed by atoms with E-state index in [0.29, 0.717) is 38.1 Å². The van der Waals surface area contributed by atoms with Gasteiger partial charge in [0, 0.05) is 33.3 Å². The Kier molecular flexibility index (Phi) is 7.98. The first-order valence-electron chi connectivity index (χ1n) is 7.40. The van der Waals surface area contributed by atoms with E-state index >= 15 is 0 Å². The molecule has 1 heterocycles. The summed E-state index contributed by atoms with van der Waals surface area (Å²) in [5, 5.41) is 3.31. The molecule has 120 valence electrons. The van der Waals surface area contributed by atoms with E-state index < -0.39 is 10.2 Å². The first-order valence-corrected chi connectivity index (χ1v) is 8.84. The number of nitrogens with zero attached hydrogens (tertiary/aromatic N) is 1. The van der Waals surface area contributed by atoms with Gasteiger partial charge in [0.25, 0.3) is 10.2 Å². The minimum Gasteiger partial charge on any atom is -0.383 e. The summed E-state index contributed by atoms with van der Waals surface area (Å²) in [4.78, 5) is 0. The van der Waals surface area contributed by atoms with Gasteiger partial charge in [0.2, 0.25) is 0 Å². The maximum absolute atomic E-state index is 12.2. The van der Waals surface area contributed by atoms with Gasteiger partial charge in [-0.15, -0.1) is 0 Å². The molecule has 20 heavy (non-hydrogen) atoms. The second-order valence-corrected chi connectivity index (χ2v) is 7.57. The van der Waals surface area contributed by atoms with Gasteiger partial charge in [0.1, 0.15) is 0 Å². The molecule has 0 aliphatic carbocycles. The summed E-state index contributed by atoms with van der Waals surface area (Å²) in [6.07, 6.45) is 2.01. The Morgan fingerprint density at radius 2 is 2.15 bits per heavy atom. The molecule has 0 radical (unpaired) electrons. The molecule has 1 aliphatic heterocycles. The van der Waals surface area contributed by atoms with Crippen molar-refractivity contribution in [3.8, 4) is 0 Å². The lowest BCUT2D eigenvalue weighted by atomic mass is 10.00. The molecule has 0 bridgehead atoms. The molecule has 0 amide bonds. The minimum absolute atomic E-state index is 0.320. The number of ether oxygens (including phenoxy) is 1. The van der Waals surface area contributed by atoms with E-state index in [1.165, 1.54) is 0 Å². The number of hydrogen-bond acceptors (Lipinski definition) is 4. The number of rotatable bonds is 9. The highest BCUT2D eigenvalue weighted by Gasteiger charge is 2.28. The Morgan fingerprint density at radius 1 is 1.40 bits per heavy atom. The molecule has 1 atom stereocenters. The number of nitrogens with one attached hydrogen (secondary N) is 2. The first kappa shape index (κ1) is 17.8. The van der Waals surface area contributed by atoms with Crippen LogP contribution in [0.2, 0.25) is 0 Å². The molecule has 1 fully saturated rings. The highest BCUT2D eigenvalue weighted by atomic mass is 32.2. The van der Waals surface area contributed by atoms with Gasteiger partial charge >= 0.3 is 0 Å². The molecule has 0 saturated carbocycles. The zero-order valence-corrected chi connectivity index (χ0v) is 13.7. The molecule has 1 rings (SSSR count). The van der Waals surface area contributed by atoms with E-state index in [0.717, 1.165) is 25.9 Å². The van der Waals surface area contributed by atoms with Gasteiger partial charge in [-0.1, -0.05) is 13.8 Å². The van der Waals surface area contributed by atoms with Crippen LogP contribution in [0.3, 0.4) is 0 Å². The zero-order chi connectivity index (χ0) is 15.0. The molecule has 0 aromatic carbocycles. The first-order chi connectivity index (χ1) is 9.45. The van der Waals surface area contributed by atoms with Crippen LogP contribution in [0.25, 0.3) is 0 Å². The largest absolute Gasteiger partial charge is 0.383 e. The topological polar surface area (TPSA) is 70.7 Å². The van der Waals surface area contributed by atoms with Gasteiger partial charge in [0.15, 0.2) is 0 Å². The molecule has 1 aliphatic rings. The summed E-state index contributed by atoms with van der Waals surface area (Å²) in [5.41, 5.74) is 0. The van der Waals surface area contributed by atoms with Crippen molar-refractivity contribution in [1.82, 2.24) is 14.3 Å². The van der Waals surface area contributed by atoms with Crippen LogP contribution in [0.15, 0.2) is 0 Å². The normalized spacial score (nSPS) is 21.5. The van der Waals surface area contributed by atoms with Crippen molar-refractivity contribution in [2.45, 2.75) is 26.7 Å². The predicted octanol–water partition coefficient (Wildman–Crippen LogP) is 0.425. The fraction of sp³-hybridized carbons (Fsp3) is 1.00. The van der Waals surface area contributed by atoms with E-state index in [-0.39, 0.29) is 0 Å². The Morgan fingerprint density at radius 3 is 2.80 bits per heavy atom. The quantitative estimate of drug-likeness (QED) is 0.606. The van der Waals surface area contributed by atoms with Gasteiger partial charge in [-0.2, -0.15) is 12.7 Å². The molecular formula is C13H29N3O3S. The average Bonchev–Trinajstić information content (AvgIpc) is 2.42. The smallest absolute Gasteiger partial charge is 0.279 e. The van der Waals surface area contributed by atoms with Crippen LogP contribution >= 0.6 is 0 Å². The Hall–Kier alpha value is -0.210. The van der Waals surface area contributed by atoms with Gasteiger partial charge in [0.05, 0.1) is 6.61 Å². The fourth-order valence-electron chi connectivity index (χ4n) is 2.26. The Labute approximate surface area is 123 Å². The van der Waals surface area contributed by atoms with Gasteiger partial charge in [-0.3, -0.25) is 0 Å². The van der Waals surface area contributed by atoms with Crippen molar-refractivity contribution in [2.24, 2.45) is 11.8 Å². The molecule has 0 spiro atoms. The third-order valence-corrected chi connectivity index (χ3v) is 4.95. The second kappa shape index (κ2) is 8.94. The summed E-state index contributed by atoms with van der Waals surface area (Å²) in [6.45, 7) is 8.07. The molecule has 6 nitrogen and oxygen atoms in total. The van der Waals surface area contributed by atoms with Crippen molar-refractivity contribution in [1.29, 1.82) is 0 Å². The van der Waals surface area contributed by atoms with Crippen LogP contribution in [0.1, 0.15) is 26.7 Å². The third kappa shape index (κ3) is 6.49. The number of methoxy groups -OCH3 is 1. The monoisotopic (exact) mass is 307 g/mol. The standard InChI is InChI=1S/C13H29N3O3S/c1-12(2)9-15-20(17,18)16-7-4-5-13(11-16)10-14-6-8-19-3/h12-15H,4-11H2,1-3H3. The molecule has 0 aromatic rings. The van der Waals surface area contributed by atoms with E-state index in [1.54, 1.807) is 11.4 Å². The van der Waals surface area contributed by atoms with E-state index in [1.807, 2.05) is 13.8 Å². The molecule has 1 saturated heterocycles. The summed E-state index contributed by atoms with van der Waals surface area (Å²) < 4.78 is 33.6. The van der Waals surface area contributed by atoms with E-state index in [2.05, 4.69) is 10.0 Å². The second-order valence-electron chi connectivity index (χ2n) is 5.81. The van der Waals surface area contributed by atoms with Crippen molar-refractivity contribution in [3.63, 3.8) is 0 Å². The SMILES string of the molecule is COCCNCC1CCCN(S(=O)(=O)NCC(C)C)C1. The fourth-order valence-corrected chi connectivity index (χ4v) is 3.76. The molecule has 2 N–H and O–H groups in total. The minimum atomic E-state index is -3.32. The third-order valence-electron chi connectivity index (χ3n) is 3.41. The lowest BCUT2D eigenvalue weighted by Crippen LogP contribution is -2.48. The highest BCUT2D eigenvalue weighted by molar-refractivity contribution is 7.87. The van der Waals surface area contributed by atoms with Crippen molar-refractivity contribution < 1.29 is 13.2 Å². The highest BCUT2D eigenvalue weighted by Crippen LogP contribution is 2.18. The van der Waals surface area contributed by atoms with Gasteiger partial charge in [-0.25, -0.2) is 4.72 Å². The molecular weight excluding hydrogens is 278 g/mol. The van der Waals surface area contributed by atoms with E-state index in [4.69, 9.17) is 4.74 Å². The Balaban J connectivity index is 2.39. The van der Waals surface area contributed by atoms with Crippen molar-refractivity contribution >= 4 is 10.2 Å². The number of piperidine rings is 1. The van der Waals surface area contributed by atoms with Crippen LogP contribution < -0.4 is 10.0 Å². The Bertz CT molecular complexity index is 360. The van der Waals surface area contributed by atoms with Crippen LogP contribution in [-0.2, 0) is 14.9 Å². The molecule has 7 heteroatoms. The predicted molar refractivity (Wildman–Crippen MR) is 80.8 cm³/mol. The summed E-state index contributed by atoms with van der Waals surface area (Å²) in [7, 11) is -1.64. The van der Waals surface area contributed by atoms with Crippen LogP contribution in [0, 0.1) is 11.8 Å². The summed E-state index contributed by atoms with van der Waals surface area (Å²) in [5.74, 6) is 0.706.